The van der Waals surface area contributed by atoms with Crippen LogP contribution in [-0.4, -0.2) is 38.3 Å². The molecule has 3 aromatic rings. The van der Waals surface area contributed by atoms with E-state index >= 15 is 0 Å². The number of amides is 1. The fourth-order valence-electron chi connectivity index (χ4n) is 2.98. The quantitative estimate of drug-likeness (QED) is 0.377. The molecule has 2 aromatic heterocycles. The number of nitrogens with zero attached hydrogens (tertiary/aromatic N) is 2. The third kappa shape index (κ3) is 6.43. The van der Waals surface area contributed by atoms with E-state index in [0.29, 0.717) is 21.9 Å². The van der Waals surface area contributed by atoms with Gasteiger partial charge >= 0.3 is 0 Å². The van der Waals surface area contributed by atoms with Crippen molar-refractivity contribution >= 4 is 34.9 Å². The maximum Gasteiger partial charge on any atom is 0.279 e. The lowest BCUT2D eigenvalue weighted by molar-refractivity contribution is -0.122. The largest absolute Gasteiger partial charge is 0.494 e. The Labute approximate surface area is 200 Å². The van der Waals surface area contributed by atoms with Gasteiger partial charge in [-0.25, -0.2) is 4.98 Å². The summed E-state index contributed by atoms with van der Waals surface area (Å²) in [6.45, 7) is 2.34. The molecule has 0 spiro atoms. The van der Waals surface area contributed by atoms with Crippen molar-refractivity contribution in [2.75, 3.05) is 6.61 Å². The molecule has 8 nitrogen and oxygen atoms in total. The molecule has 3 N–H and O–H groups in total. The highest BCUT2D eigenvalue weighted by Crippen LogP contribution is 2.35. The predicted octanol–water partition coefficient (Wildman–Crippen LogP) is 4.81. The molecule has 1 aromatic carbocycles. The molecule has 0 saturated heterocycles. The third-order valence-corrected chi connectivity index (χ3v) is 6.10. The van der Waals surface area contributed by atoms with Crippen molar-refractivity contribution in [2.24, 2.45) is 5.92 Å². The number of aromatic nitrogens is 2. The van der Waals surface area contributed by atoms with E-state index in [0.717, 1.165) is 21.8 Å². The first-order valence-electron chi connectivity index (χ1n) is 10.5. The Bertz CT molecular complexity index is 1140. The second kappa shape index (κ2) is 10.2. The van der Waals surface area contributed by atoms with E-state index in [9.17, 15) is 15.0 Å². The number of hydrogen-bond donors (Lipinski definition) is 3. The summed E-state index contributed by atoms with van der Waals surface area (Å²) in [7, 11) is 0. The minimum absolute atomic E-state index is 0.177. The maximum atomic E-state index is 12.1. The fraction of sp³-hybridized carbons (Fsp3) is 0.304. The summed E-state index contributed by atoms with van der Waals surface area (Å²) in [5.74, 6) is 1.19. The second-order valence-corrected chi connectivity index (χ2v) is 9.26. The lowest BCUT2D eigenvalue weighted by Crippen LogP contribution is -2.33. The number of carbonyl (C=O) groups excluding carboxylic acids is 1. The van der Waals surface area contributed by atoms with Crippen LogP contribution in [0.2, 0.25) is 5.02 Å². The van der Waals surface area contributed by atoms with Gasteiger partial charge in [0, 0.05) is 30.4 Å². The van der Waals surface area contributed by atoms with Crippen LogP contribution < -0.4 is 14.8 Å². The second-order valence-electron chi connectivity index (χ2n) is 7.83. The standard InChI is InChI=1S/C23H24ClN3O5S/c1-14(26-20(28)12-27-21(29)8-9-22(27)30)2-6-17-11-25-23(33-17)32-19-7-5-16(10-18(19)24)31-13-15-3-4-15/h2,5-11,14-15,29-30H,3-4,12-13H2,1H3,(H,26,28)/t14-/m0/s1. The molecule has 1 saturated carbocycles. The lowest BCUT2D eigenvalue weighted by Gasteiger charge is -2.11. The molecule has 1 aliphatic carbocycles. The molecule has 0 radical (unpaired) electrons. The fourth-order valence-corrected chi connectivity index (χ4v) is 3.88. The molecule has 1 fully saturated rings. The summed E-state index contributed by atoms with van der Waals surface area (Å²) in [5.41, 5.74) is 0. The van der Waals surface area contributed by atoms with Crippen LogP contribution in [0.15, 0.2) is 42.6 Å². The first-order chi connectivity index (χ1) is 15.9. The molecule has 4 rings (SSSR count). The van der Waals surface area contributed by atoms with Gasteiger partial charge in [-0.05, 0) is 43.9 Å². The van der Waals surface area contributed by atoms with Crippen LogP contribution in [0.1, 0.15) is 24.6 Å². The average Bonchev–Trinajstić information content (AvgIpc) is 3.43. The average molecular weight is 490 g/mol. The van der Waals surface area contributed by atoms with Crippen molar-refractivity contribution in [3.05, 3.63) is 52.5 Å². The Balaban J connectivity index is 1.28. The number of halogens is 1. The van der Waals surface area contributed by atoms with E-state index in [2.05, 4.69) is 10.3 Å². The van der Waals surface area contributed by atoms with Gasteiger partial charge in [-0.1, -0.05) is 29.0 Å². The van der Waals surface area contributed by atoms with Crippen LogP contribution in [0, 0.1) is 5.92 Å². The monoisotopic (exact) mass is 489 g/mol. The van der Waals surface area contributed by atoms with E-state index in [1.807, 2.05) is 25.1 Å². The summed E-state index contributed by atoms with van der Waals surface area (Å²) in [6, 6.07) is 7.70. The Morgan fingerprint density at radius 1 is 1.33 bits per heavy atom. The SMILES string of the molecule is C[C@@H](C=Cc1cnc(Oc2ccc(OCC3CC3)cc2Cl)s1)NC(=O)Cn1c(O)ccc1O. The van der Waals surface area contributed by atoms with Gasteiger partial charge in [0.15, 0.2) is 11.8 Å². The van der Waals surface area contributed by atoms with Crippen LogP contribution >= 0.6 is 22.9 Å². The summed E-state index contributed by atoms with van der Waals surface area (Å²) < 4.78 is 12.6. The van der Waals surface area contributed by atoms with Crippen molar-refractivity contribution in [3.8, 4) is 28.5 Å². The molecule has 0 bridgehead atoms. The van der Waals surface area contributed by atoms with Crippen LogP contribution in [0.3, 0.4) is 0 Å². The minimum atomic E-state index is -0.346. The lowest BCUT2D eigenvalue weighted by atomic mass is 10.3. The highest BCUT2D eigenvalue weighted by molar-refractivity contribution is 7.14. The number of ether oxygens (including phenoxy) is 2. The van der Waals surface area contributed by atoms with Gasteiger partial charge in [0.2, 0.25) is 5.91 Å². The number of thiazole rings is 1. The Morgan fingerprint density at radius 2 is 2.09 bits per heavy atom. The van der Waals surface area contributed by atoms with Gasteiger partial charge in [0.05, 0.1) is 16.5 Å². The van der Waals surface area contributed by atoms with Gasteiger partial charge in [0.1, 0.15) is 18.0 Å². The van der Waals surface area contributed by atoms with Gasteiger partial charge in [-0.3, -0.25) is 9.36 Å². The summed E-state index contributed by atoms with van der Waals surface area (Å²) >= 11 is 7.66. The Hall–Kier alpha value is -3.17. The highest BCUT2D eigenvalue weighted by atomic mass is 35.5. The van der Waals surface area contributed by atoms with E-state index in [1.54, 1.807) is 18.3 Å². The maximum absolute atomic E-state index is 12.1. The molecular weight excluding hydrogens is 466 g/mol. The van der Waals surface area contributed by atoms with Crippen molar-refractivity contribution in [1.82, 2.24) is 14.9 Å². The summed E-state index contributed by atoms with van der Waals surface area (Å²) in [4.78, 5) is 17.2. The molecule has 0 aliphatic heterocycles. The molecule has 174 valence electrons. The molecule has 10 heteroatoms. The van der Waals surface area contributed by atoms with E-state index in [1.165, 1.54) is 36.3 Å². The number of aromatic hydroxyl groups is 2. The molecule has 0 unspecified atom stereocenters. The van der Waals surface area contributed by atoms with Crippen LogP contribution in [0.5, 0.6) is 28.5 Å². The molecular formula is C23H24ClN3O5S. The summed E-state index contributed by atoms with van der Waals surface area (Å²) in [5, 5.41) is 22.9. The van der Waals surface area contributed by atoms with E-state index < -0.39 is 0 Å². The van der Waals surface area contributed by atoms with Gasteiger partial charge in [-0.15, -0.1) is 0 Å². The predicted molar refractivity (Wildman–Crippen MR) is 126 cm³/mol. The van der Waals surface area contributed by atoms with Gasteiger partial charge < -0.3 is 25.0 Å². The first-order valence-corrected chi connectivity index (χ1v) is 11.7. The molecule has 1 aliphatic rings. The first kappa shape index (κ1) is 23.0. The van der Waals surface area contributed by atoms with Crippen molar-refractivity contribution in [2.45, 2.75) is 32.4 Å². The van der Waals surface area contributed by atoms with Gasteiger partial charge in [-0.2, -0.15) is 0 Å². The van der Waals surface area contributed by atoms with E-state index in [4.69, 9.17) is 21.1 Å². The number of rotatable bonds is 10. The number of benzene rings is 1. The highest BCUT2D eigenvalue weighted by Gasteiger charge is 2.22. The van der Waals surface area contributed by atoms with Crippen molar-refractivity contribution in [1.29, 1.82) is 0 Å². The molecule has 33 heavy (non-hydrogen) atoms. The zero-order chi connectivity index (χ0) is 23.4. The van der Waals surface area contributed by atoms with Crippen molar-refractivity contribution < 1.29 is 24.5 Å². The van der Waals surface area contributed by atoms with Crippen LogP contribution in [0.4, 0.5) is 0 Å². The Kier molecular flexibility index (Phi) is 7.10. The summed E-state index contributed by atoms with van der Waals surface area (Å²) in [6.07, 6.45) is 7.76. The van der Waals surface area contributed by atoms with E-state index in [-0.39, 0.29) is 30.3 Å². The number of nitrogens with one attached hydrogen (secondary N) is 1. The topological polar surface area (TPSA) is 106 Å². The normalized spacial score (nSPS) is 14.4. The van der Waals surface area contributed by atoms with Crippen LogP contribution in [-0.2, 0) is 11.3 Å². The van der Waals surface area contributed by atoms with Gasteiger partial charge in [0.25, 0.3) is 5.19 Å². The molecule has 1 atom stereocenters. The molecule has 2 heterocycles. The number of carbonyl (C=O) groups is 1. The smallest absolute Gasteiger partial charge is 0.279 e. The minimum Gasteiger partial charge on any atom is -0.494 e. The Morgan fingerprint density at radius 3 is 2.79 bits per heavy atom. The third-order valence-electron chi connectivity index (χ3n) is 4.96. The zero-order valence-corrected chi connectivity index (χ0v) is 19.5. The van der Waals surface area contributed by atoms with Crippen LogP contribution in [0.25, 0.3) is 6.08 Å². The molecule has 1 amide bonds. The number of hydrogen-bond acceptors (Lipinski definition) is 7. The zero-order valence-electron chi connectivity index (χ0n) is 17.9. The van der Waals surface area contributed by atoms with Crippen molar-refractivity contribution in [3.63, 3.8) is 0 Å².